The lowest BCUT2D eigenvalue weighted by Crippen LogP contribution is -2.32. The molecule has 1 rings (SSSR count). The van der Waals surface area contributed by atoms with Gasteiger partial charge in [0.15, 0.2) is 11.9 Å². The fourth-order valence-electron chi connectivity index (χ4n) is 3.14. The van der Waals surface area contributed by atoms with Crippen LogP contribution in [0.4, 0.5) is 0 Å². The molecule has 0 spiro atoms. The highest BCUT2D eigenvalue weighted by Crippen LogP contribution is 2.13. The minimum atomic E-state index is 0.359. The van der Waals surface area contributed by atoms with Crippen LogP contribution in [0.15, 0.2) is 24.5 Å². The van der Waals surface area contributed by atoms with Gasteiger partial charge in [-0.15, -0.1) is 0 Å². The number of nitrogens with zero attached hydrogens (tertiary/aromatic N) is 1. The summed E-state index contributed by atoms with van der Waals surface area (Å²) >= 11 is 0. The average molecular weight is 321 g/mol. The Morgan fingerprint density at radius 1 is 0.739 bits per heavy atom. The van der Waals surface area contributed by atoms with Crippen molar-refractivity contribution in [2.75, 3.05) is 0 Å². The Bertz CT molecular complexity index is 378. The van der Waals surface area contributed by atoms with Crippen molar-refractivity contribution in [1.82, 2.24) is 0 Å². The maximum Gasteiger partial charge on any atom is 0.210 e. The normalized spacial score (nSPS) is 11.0. The van der Waals surface area contributed by atoms with Crippen LogP contribution in [0.25, 0.3) is 0 Å². The number of aromatic hydroxyl groups is 1. The van der Waals surface area contributed by atoms with Gasteiger partial charge in [0.2, 0.25) is 6.20 Å². The molecule has 2 nitrogen and oxygen atoms in total. The highest BCUT2D eigenvalue weighted by molar-refractivity contribution is 5.09. The molecule has 0 saturated heterocycles. The van der Waals surface area contributed by atoms with E-state index >= 15 is 0 Å². The molecule has 0 aliphatic carbocycles. The molecule has 2 heteroatoms. The molecule has 1 aromatic rings. The number of aromatic nitrogens is 1. The molecule has 0 aliphatic rings. The van der Waals surface area contributed by atoms with Crippen molar-refractivity contribution >= 4 is 0 Å². The van der Waals surface area contributed by atoms with Gasteiger partial charge in [0.25, 0.3) is 0 Å². The van der Waals surface area contributed by atoms with E-state index < -0.39 is 0 Å². The SMILES string of the molecule is CCCCCCCCCCCCCCCC[n+]1cccc(O)c1. The first kappa shape index (κ1) is 20.0. The lowest BCUT2D eigenvalue weighted by Gasteiger charge is -2.03. The number of aryl methyl sites for hydroxylation is 1. The maximum absolute atomic E-state index is 9.41. The topological polar surface area (TPSA) is 24.1 Å². The molecule has 0 aromatic carbocycles. The lowest BCUT2D eigenvalue weighted by atomic mass is 10.0. The number of hydrogen-bond donors (Lipinski definition) is 1. The standard InChI is InChI=1S/C21H37NO/c1-2-3-4-5-6-7-8-9-10-11-12-13-14-15-18-22-19-16-17-21(23)20-22/h16-17,19-20H,2-15,18H2,1H3/p+1. The van der Waals surface area contributed by atoms with Crippen molar-refractivity contribution in [3.63, 3.8) is 0 Å². The molecule has 0 amide bonds. The predicted octanol–water partition coefficient (Wildman–Crippen LogP) is 6.16. The van der Waals surface area contributed by atoms with E-state index in [-0.39, 0.29) is 0 Å². The van der Waals surface area contributed by atoms with Gasteiger partial charge in [-0.1, -0.05) is 84.0 Å². The Labute approximate surface area is 143 Å². The Morgan fingerprint density at radius 3 is 1.70 bits per heavy atom. The molecule has 0 bridgehead atoms. The summed E-state index contributed by atoms with van der Waals surface area (Å²) in [5.74, 6) is 0.359. The summed E-state index contributed by atoms with van der Waals surface area (Å²) in [4.78, 5) is 0. The number of rotatable bonds is 15. The van der Waals surface area contributed by atoms with E-state index in [1.165, 1.54) is 89.9 Å². The van der Waals surface area contributed by atoms with Crippen LogP contribution in [-0.4, -0.2) is 5.11 Å². The lowest BCUT2D eigenvalue weighted by molar-refractivity contribution is -0.697. The quantitative estimate of drug-likeness (QED) is 0.303. The Kier molecular flexibility index (Phi) is 12.6. The van der Waals surface area contributed by atoms with Gasteiger partial charge in [-0.05, 0) is 12.5 Å². The summed E-state index contributed by atoms with van der Waals surface area (Å²) < 4.78 is 2.08. The molecule has 0 unspecified atom stereocenters. The monoisotopic (exact) mass is 320 g/mol. The molecule has 0 aliphatic heterocycles. The van der Waals surface area contributed by atoms with E-state index in [1.54, 1.807) is 6.07 Å². The highest BCUT2D eigenvalue weighted by atomic mass is 16.3. The average Bonchev–Trinajstić information content (AvgIpc) is 2.55. The van der Waals surface area contributed by atoms with Crippen LogP contribution in [0.2, 0.25) is 0 Å². The van der Waals surface area contributed by atoms with Crippen molar-refractivity contribution in [2.45, 2.75) is 103 Å². The largest absolute Gasteiger partial charge is 0.503 e. The zero-order valence-electron chi connectivity index (χ0n) is 15.3. The van der Waals surface area contributed by atoms with E-state index in [9.17, 15) is 5.11 Å². The van der Waals surface area contributed by atoms with Crippen molar-refractivity contribution in [2.24, 2.45) is 0 Å². The minimum Gasteiger partial charge on any atom is -0.503 e. The molecular formula is C21H38NO+. The van der Waals surface area contributed by atoms with Gasteiger partial charge in [-0.25, -0.2) is 4.57 Å². The first-order valence-electron chi connectivity index (χ1n) is 10.0. The van der Waals surface area contributed by atoms with Crippen LogP contribution in [0.5, 0.6) is 5.75 Å². The molecule has 132 valence electrons. The van der Waals surface area contributed by atoms with E-state index in [2.05, 4.69) is 11.5 Å². The van der Waals surface area contributed by atoms with Gasteiger partial charge < -0.3 is 5.11 Å². The van der Waals surface area contributed by atoms with E-state index in [4.69, 9.17) is 0 Å². The zero-order valence-corrected chi connectivity index (χ0v) is 15.3. The second kappa shape index (κ2) is 14.5. The van der Waals surface area contributed by atoms with Crippen molar-refractivity contribution in [3.8, 4) is 5.75 Å². The van der Waals surface area contributed by atoms with E-state index in [1.807, 2.05) is 18.5 Å². The van der Waals surface area contributed by atoms with Crippen LogP contribution in [0.1, 0.15) is 96.8 Å². The van der Waals surface area contributed by atoms with Gasteiger partial charge in [0, 0.05) is 12.5 Å². The Balaban J connectivity index is 1.78. The summed E-state index contributed by atoms with van der Waals surface area (Å²) in [6, 6.07) is 3.63. The van der Waals surface area contributed by atoms with Gasteiger partial charge >= 0.3 is 0 Å². The molecule has 0 atom stereocenters. The smallest absolute Gasteiger partial charge is 0.210 e. The van der Waals surface area contributed by atoms with Gasteiger partial charge in [-0.2, -0.15) is 0 Å². The first-order valence-corrected chi connectivity index (χ1v) is 10.0. The number of unbranched alkanes of at least 4 members (excludes halogenated alkanes) is 13. The van der Waals surface area contributed by atoms with Crippen LogP contribution < -0.4 is 4.57 Å². The summed E-state index contributed by atoms with van der Waals surface area (Å²) in [6.45, 7) is 3.30. The fourth-order valence-corrected chi connectivity index (χ4v) is 3.14. The number of pyridine rings is 1. The second-order valence-electron chi connectivity index (χ2n) is 6.90. The summed E-state index contributed by atoms with van der Waals surface area (Å²) in [7, 11) is 0. The zero-order chi connectivity index (χ0) is 16.6. The summed E-state index contributed by atoms with van der Waals surface area (Å²) in [5, 5.41) is 9.41. The molecular weight excluding hydrogens is 282 g/mol. The molecule has 1 N–H and O–H groups in total. The van der Waals surface area contributed by atoms with Crippen molar-refractivity contribution in [3.05, 3.63) is 24.5 Å². The van der Waals surface area contributed by atoms with Crippen molar-refractivity contribution < 1.29 is 9.67 Å². The third kappa shape index (κ3) is 12.1. The molecule has 1 heterocycles. The predicted molar refractivity (Wildman–Crippen MR) is 98.6 cm³/mol. The van der Waals surface area contributed by atoms with Crippen LogP contribution in [0, 0.1) is 0 Å². The van der Waals surface area contributed by atoms with Gasteiger partial charge in [-0.3, -0.25) is 0 Å². The van der Waals surface area contributed by atoms with Crippen molar-refractivity contribution in [1.29, 1.82) is 0 Å². The van der Waals surface area contributed by atoms with Gasteiger partial charge in [0.05, 0.1) is 0 Å². The fraction of sp³-hybridized carbons (Fsp3) is 0.762. The van der Waals surface area contributed by atoms with Crippen LogP contribution >= 0.6 is 0 Å². The number of hydrogen-bond acceptors (Lipinski definition) is 1. The second-order valence-corrected chi connectivity index (χ2v) is 6.90. The van der Waals surface area contributed by atoms with Crippen LogP contribution in [0.3, 0.4) is 0 Å². The van der Waals surface area contributed by atoms with Gasteiger partial charge in [0.1, 0.15) is 6.54 Å². The molecule has 1 aromatic heterocycles. The maximum atomic E-state index is 9.41. The molecule has 0 saturated carbocycles. The van der Waals surface area contributed by atoms with Crippen LogP contribution in [-0.2, 0) is 6.54 Å². The summed E-state index contributed by atoms with van der Waals surface area (Å²) in [6.07, 6.45) is 23.4. The highest BCUT2D eigenvalue weighted by Gasteiger charge is 2.01. The molecule has 0 radical (unpaired) electrons. The van der Waals surface area contributed by atoms with E-state index in [0.29, 0.717) is 5.75 Å². The first-order chi connectivity index (χ1) is 11.3. The summed E-state index contributed by atoms with van der Waals surface area (Å²) in [5.41, 5.74) is 0. The molecule has 0 fully saturated rings. The Hall–Kier alpha value is -1.05. The molecule has 23 heavy (non-hydrogen) atoms. The Morgan fingerprint density at radius 2 is 1.22 bits per heavy atom. The third-order valence-corrected chi connectivity index (χ3v) is 4.61. The van der Waals surface area contributed by atoms with E-state index in [0.717, 1.165) is 6.54 Å². The third-order valence-electron chi connectivity index (χ3n) is 4.61. The minimum absolute atomic E-state index is 0.359.